The lowest BCUT2D eigenvalue weighted by atomic mass is 9.95. The van der Waals surface area contributed by atoms with Crippen LogP contribution in [0.2, 0.25) is 0 Å². The quantitative estimate of drug-likeness (QED) is 0.752. The van der Waals surface area contributed by atoms with Crippen molar-refractivity contribution in [3.05, 3.63) is 5.82 Å². The number of nitrogens with one attached hydrogen (secondary N) is 1. The molecule has 1 aromatic rings. The normalized spacial score (nSPS) is 33.8. The number of ether oxygens (including phenoxy) is 1. The van der Waals surface area contributed by atoms with Gasteiger partial charge in [0.2, 0.25) is 0 Å². The Morgan fingerprint density at radius 1 is 1.53 bits per heavy atom. The summed E-state index contributed by atoms with van der Waals surface area (Å²) in [5.41, 5.74) is 0. The van der Waals surface area contributed by atoms with Crippen LogP contribution in [0.4, 0.5) is 0 Å². The molecular weight excluding hydrogens is 194 g/mol. The van der Waals surface area contributed by atoms with Gasteiger partial charge in [-0.1, -0.05) is 0 Å². The van der Waals surface area contributed by atoms with Gasteiger partial charge in [-0.2, -0.15) is 0 Å². The molecule has 3 heterocycles. The molecule has 1 aromatic heterocycles. The number of fused-ring (bicyclic) bond motifs is 2. The van der Waals surface area contributed by atoms with Gasteiger partial charge in [-0.3, -0.25) is 0 Å². The van der Waals surface area contributed by atoms with Crippen molar-refractivity contribution in [2.45, 2.75) is 44.1 Å². The van der Waals surface area contributed by atoms with Crippen LogP contribution in [0.15, 0.2) is 0 Å². The maximum Gasteiger partial charge on any atom is 0.165 e. The van der Waals surface area contributed by atoms with E-state index in [1.807, 2.05) is 11.7 Å². The van der Waals surface area contributed by atoms with E-state index < -0.39 is 0 Å². The molecule has 3 rings (SSSR count). The van der Waals surface area contributed by atoms with E-state index in [1.54, 1.807) is 0 Å². The molecule has 0 aromatic carbocycles. The predicted molar refractivity (Wildman–Crippen MR) is 52.1 cm³/mol. The van der Waals surface area contributed by atoms with E-state index >= 15 is 0 Å². The summed E-state index contributed by atoms with van der Waals surface area (Å²) in [7, 11) is 1.90. The molecule has 0 radical (unpaired) electrons. The van der Waals surface area contributed by atoms with Gasteiger partial charge in [-0.15, -0.1) is 5.10 Å². The lowest BCUT2D eigenvalue weighted by molar-refractivity contribution is 0.0914. The first-order chi connectivity index (χ1) is 7.38. The minimum atomic E-state index is 0.328. The molecule has 15 heavy (non-hydrogen) atoms. The minimum Gasteiger partial charge on any atom is -0.373 e. The monoisotopic (exact) mass is 209 g/mol. The zero-order valence-electron chi connectivity index (χ0n) is 8.76. The first-order valence-corrected chi connectivity index (χ1v) is 5.45. The molecule has 2 fully saturated rings. The summed E-state index contributed by atoms with van der Waals surface area (Å²) in [5, 5.41) is 14.9. The molecule has 0 aliphatic carbocycles. The van der Waals surface area contributed by atoms with Gasteiger partial charge in [-0.05, 0) is 36.7 Å². The third kappa shape index (κ3) is 1.44. The molecule has 6 heteroatoms. The Hall–Kier alpha value is -1.01. The summed E-state index contributed by atoms with van der Waals surface area (Å²) in [6, 6.07) is 0.349. The molecule has 0 spiro atoms. The first kappa shape index (κ1) is 9.23. The van der Waals surface area contributed by atoms with Gasteiger partial charge in [0.1, 0.15) is 0 Å². The minimum absolute atomic E-state index is 0.328. The second-order valence-corrected chi connectivity index (χ2v) is 4.25. The van der Waals surface area contributed by atoms with Crippen molar-refractivity contribution in [2.24, 2.45) is 0 Å². The second kappa shape index (κ2) is 3.53. The van der Waals surface area contributed by atoms with Crippen LogP contribution >= 0.6 is 0 Å². The highest BCUT2D eigenvalue weighted by Gasteiger charge is 2.43. The Morgan fingerprint density at radius 3 is 3.13 bits per heavy atom. The fourth-order valence-corrected chi connectivity index (χ4v) is 2.61. The Morgan fingerprint density at radius 2 is 2.47 bits per heavy atom. The number of nitrogens with zero attached hydrogens (tertiary/aromatic N) is 4. The van der Waals surface area contributed by atoms with Gasteiger partial charge in [-0.25, -0.2) is 4.68 Å². The highest BCUT2D eigenvalue weighted by Crippen LogP contribution is 2.41. The fraction of sp³-hybridized carbons (Fsp3) is 0.889. The lowest BCUT2D eigenvalue weighted by Gasteiger charge is -2.19. The standard InChI is InChI=1S/C9H15N5O/c1-10-5-9-11-12-13-14(9)7-4-6-2-3-8(7)15-6/h6-8,10H,2-5H2,1H3. The summed E-state index contributed by atoms with van der Waals surface area (Å²) >= 11 is 0. The van der Waals surface area contributed by atoms with Crippen LogP contribution in [0.25, 0.3) is 0 Å². The van der Waals surface area contributed by atoms with Crippen LogP contribution < -0.4 is 5.32 Å². The summed E-state index contributed by atoms with van der Waals surface area (Å²) in [4.78, 5) is 0. The van der Waals surface area contributed by atoms with Crippen molar-refractivity contribution in [1.82, 2.24) is 25.5 Å². The number of rotatable bonds is 3. The maximum absolute atomic E-state index is 5.81. The van der Waals surface area contributed by atoms with Crippen molar-refractivity contribution in [2.75, 3.05) is 7.05 Å². The topological polar surface area (TPSA) is 64.9 Å². The van der Waals surface area contributed by atoms with Gasteiger partial charge < -0.3 is 10.1 Å². The Kier molecular flexibility index (Phi) is 2.17. The number of tetrazole rings is 1. The maximum atomic E-state index is 5.81. The molecular formula is C9H15N5O. The third-order valence-corrected chi connectivity index (χ3v) is 3.28. The van der Waals surface area contributed by atoms with Crippen LogP contribution in [0.5, 0.6) is 0 Å². The van der Waals surface area contributed by atoms with E-state index in [1.165, 1.54) is 6.42 Å². The second-order valence-electron chi connectivity index (χ2n) is 4.25. The zero-order valence-corrected chi connectivity index (χ0v) is 8.76. The first-order valence-electron chi connectivity index (χ1n) is 5.45. The summed E-state index contributed by atoms with van der Waals surface area (Å²) in [6.07, 6.45) is 4.17. The van der Waals surface area contributed by atoms with Gasteiger partial charge in [0.15, 0.2) is 5.82 Å². The van der Waals surface area contributed by atoms with E-state index in [4.69, 9.17) is 4.74 Å². The highest BCUT2D eigenvalue weighted by atomic mass is 16.5. The number of hydrogen-bond donors (Lipinski definition) is 1. The molecule has 0 amide bonds. The SMILES string of the molecule is CNCc1nnnn1C1CC2CCC1O2. The predicted octanol–water partition coefficient (Wildman–Crippen LogP) is -0.115. The molecule has 6 nitrogen and oxygen atoms in total. The molecule has 82 valence electrons. The largest absolute Gasteiger partial charge is 0.373 e. The Labute approximate surface area is 88.0 Å². The zero-order chi connectivity index (χ0) is 10.3. The molecule has 3 atom stereocenters. The Balaban J connectivity index is 1.83. The van der Waals surface area contributed by atoms with Crippen LogP contribution in [0, 0.1) is 0 Å². The summed E-state index contributed by atoms with van der Waals surface area (Å²) in [5.74, 6) is 0.902. The fourth-order valence-electron chi connectivity index (χ4n) is 2.61. The van der Waals surface area contributed by atoms with Crippen LogP contribution in [-0.2, 0) is 11.3 Å². The van der Waals surface area contributed by atoms with Crippen LogP contribution in [0.1, 0.15) is 31.1 Å². The summed E-state index contributed by atoms with van der Waals surface area (Å²) in [6.45, 7) is 0.709. The van der Waals surface area contributed by atoms with E-state index in [9.17, 15) is 0 Å². The molecule has 2 bridgehead atoms. The third-order valence-electron chi connectivity index (χ3n) is 3.28. The molecule has 1 N–H and O–H groups in total. The molecule has 2 aliphatic rings. The van der Waals surface area contributed by atoms with Crippen LogP contribution in [0.3, 0.4) is 0 Å². The van der Waals surface area contributed by atoms with Crippen molar-refractivity contribution in [1.29, 1.82) is 0 Å². The van der Waals surface area contributed by atoms with Crippen molar-refractivity contribution in [3.8, 4) is 0 Å². The van der Waals surface area contributed by atoms with Gasteiger partial charge in [0.25, 0.3) is 0 Å². The average Bonchev–Trinajstić information content (AvgIpc) is 2.91. The molecule has 2 saturated heterocycles. The van der Waals surface area contributed by atoms with E-state index in [0.717, 1.165) is 18.7 Å². The van der Waals surface area contributed by atoms with E-state index in [0.29, 0.717) is 24.8 Å². The van der Waals surface area contributed by atoms with Gasteiger partial charge >= 0.3 is 0 Å². The lowest BCUT2D eigenvalue weighted by Crippen LogP contribution is -2.25. The number of hydrogen-bond acceptors (Lipinski definition) is 5. The van der Waals surface area contributed by atoms with E-state index in [-0.39, 0.29) is 0 Å². The van der Waals surface area contributed by atoms with E-state index in [2.05, 4.69) is 20.8 Å². The van der Waals surface area contributed by atoms with Crippen molar-refractivity contribution in [3.63, 3.8) is 0 Å². The average molecular weight is 209 g/mol. The van der Waals surface area contributed by atoms with Crippen LogP contribution in [-0.4, -0.2) is 39.5 Å². The van der Waals surface area contributed by atoms with Crippen molar-refractivity contribution < 1.29 is 4.74 Å². The highest BCUT2D eigenvalue weighted by molar-refractivity contribution is 4.96. The van der Waals surface area contributed by atoms with Gasteiger partial charge in [0.05, 0.1) is 24.8 Å². The van der Waals surface area contributed by atoms with Crippen molar-refractivity contribution >= 4 is 0 Å². The number of aromatic nitrogens is 4. The van der Waals surface area contributed by atoms with Gasteiger partial charge in [0, 0.05) is 0 Å². The summed E-state index contributed by atoms with van der Waals surface area (Å²) < 4.78 is 7.74. The molecule has 0 saturated carbocycles. The smallest absolute Gasteiger partial charge is 0.165 e. The molecule has 3 unspecified atom stereocenters. The Bertz CT molecular complexity index is 352. The molecule has 2 aliphatic heterocycles.